The first-order chi connectivity index (χ1) is 7.58. The van der Waals surface area contributed by atoms with Crippen molar-refractivity contribution < 1.29 is 4.79 Å². The van der Waals surface area contributed by atoms with Crippen molar-refractivity contribution in [3.8, 4) is 0 Å². The number of rotatable bonds is 5. The van der Waals surface area contributed by atoms with Gasteiger partial charge in [0, 0.05) is 23.4 Å². The second-order valence-electron chi connectivity index (χ2n) is 4.40. The summed E-state index contributed by atoms with van der Waals surface area (Å²) in [5.41, 5.74) is 2.62. The van der Waals surface area contributed by atoms with Gasteiger partial charge < -0.3 is 0 Å². The molecule has 0 spiro atoms. The van der Waals surface area contributed by atoms with E-state index >= 15 is 0 Å². The van der Waals surface area contributed by atoms with Crippen LogP contribution in [0.15, 0.2) is 12.1 Å². The molecule has 1 heterocycles. The van der Waals surface area contributed by atoms with Gasteiger partial charge in [-0.15, -0.1) is 0 Å². The van der Waals surface area contributed by atoms with Gasteiger partial charge in [-0.05, 0) is 31.9 Å². The molecule has 0 aliphatic heterocycles. The molecule has 0 atom stereocenters. The molecule has 0 unspecified atom stereocenters. The fourth-order valence-corrected chi connectivity index (χ4v) is 1.93. The van der Waals surface area contributed by atoms with Crippen LogP contribution >= 0.6 is 0 Å². The molecule has 0 fully saturated rings. The van der Waals surface area contributed by atoms with E-state index in [4.69, 9.17) is 0 Å². The van der Waals surface area contributed by atoms with E-state index in [1.165, 1.54) is 0 Å². The first-order valence-corrected chi connectivity index (χ1v) is 6.05. The second-order valence-corrected chi connectivity index (χ2v) is 4.40. The van der Waals surface area contributed by atoms with Crippen LogP contribution in [0.25, 0.3) is 0 Å². The van der Waals surface area contributed by atoms with E-state index in [1.807, 2.05) is 26.0 Å². The zero-order valence-electron chi connectivity index (χ0n) is 10.7. The number of aryl methyl sites for hydroxylation is 2. The molecule has 0 aromatic carbocycles. The molecular formula is C14H21NO. The van der Waals surface area contributed by atoms with Crippen molar-refractivity contribution >= 4 is 5.78 Å². The molecule has 2 heteroatoms. The Kier molecular flexibility index (Phi) is 4.66. The largest absolute Gasteiger partial charge is 0.294 e. The maximum Gasteiger partial charge on any atom is 0.164 e. The summed E-state index contributed by atoms with van der Waals surface area (Å²) in [5.74, 6) is 0.743. The number of pyridine rings is 1. The summed E-state index contributed by atoms with van der Waals surface area (Å²) < 4.78 is 0. The highest BCUT2D eigenvalue weighted by atomic mass is 16.1. The van der Waals surface area contributed by atoms with Crippen molar-refractivity contribution in [2.45, 2.75) is 47.0 Å². The Morgan fingerprint density at radius 3 is 2.38 bits per heavy atom. The van der Waals surface area contributed by atoms with Gasteiger partial charge in [0.25, 0.3) is 0 Å². The van der Waals surface area contributed by atoms with E-state index in [1.54, 1.807) is 0 Å². The Morgan fingerprint density at radius 1 is 1.25 bits per heavy atom. The van der Waals surface area contributed by atoms with Gasteiger partial charge in [-0.3, -0.25) is 9.78 Å². The average molecular weight is 219 g/mol. The van der Waals surface area contributed by atoms with Gasteiger partial charge in [0.15, 0.2) is 5.78 Å². The number of Topliss-reactive ketones (excluding diaryl/α,β-unsaturated/α-hetero) is 1. The minimum atomic E-state index is 0.235. The van der Waals surface area contributed by atoms with Crippen molar-refractivity contribution in [2.24, 2.45) is 5.92 Å². The molecule has 1 aromatic heterocycles. The molecule has 88 valence electrons. The van der Waals surface area contributed by atoms with Crippen LogP contribution < -0.4 is 0 Å². The third-order valence-electron chi connectivity index (χ3n) is 3.15. The van der Waals surface area contributed by atoms with Gasteiger partial charge in [-0.1, -0.05) is 26.7 Å². The number of carbonyl (C=O) groups excluding carboxylic acids is 1. The zero-order valence-corrected chi connectivity index (χ0v) is 10.7. The van der Waals surface area contributed by atoms with Gasteiger partial charge in [-0.2, -0.15) is 0 Å². The van der Waals surface area contributed by atoms with Crippen LogP contribution in [0.3, 0.4) is 0 Å². The lowest BCUT2D eigenvalue weighted by Gasteiger charge is -2.12. The van der Waals surface area contributed by atoms with E-state index < -0.39 is 0 Å². The number of carbonyl (C=O) groups is 1. The van der Waals surface area contributed by atoms with Crippen molar-refractivity contribution in [2.75, 3.05) is 0 Å². The van der Waals surface area contributed by atoms with Crippen LogP contribution in [0.2, 0.25) is 0 Å². The summed E-state index contributed by atoms with van der Waals surface area (Å²) in [6.07, 6.45) is 2.79. The lowest BCUT2D eigenvalue weighted by Crippen LogP contribution is -2.10. The second kappa shape index (κ2) is 5.78. The fraction of sp³-hybridized carbons (Fsp3) is 0.571. The molecule has 16 heavy (non-hydrogen) atoms. The van der Waals surface area contributed by atoms with Crippen LogP contribution in [0, 0.1) is 19.8 Å². The number of aromatic nitrogens is 1. The fourth-order valence-electron chi connectivity index (χ4n) is 1.93. The summed E-state index contributed by atoms with van der Waals surface area (Å²) in [6.45, 7) is 8.14. The Labute approximate surface area is 98.1 Å². The first kappa shape index (κ1) is 12.9. The Balaban J connectivity index is 2.80. The third-order valence-corrected chi connectivity index (χ3v) is 3.15. The lowest BCUT2D eigenvalue weighted by molar-refractivity contribution is 0.0957. The molecule has 2 nitrogen and oxygen atoms in total. The highest BCUT2D eigenvalue weighted by Crippen LogP contribution is 2.17. The molecule has 0 aliphatic rings. The van der Waals surface area contributed by atoms with Gasteiger partial charge in [0.1, 0.15) is 0 Å². The lowest BCUT2D eigenvalue weighted by atomic mass is 9.93. The molecule has 1 rings (SSSR count). The van der Waals surface area contributed by atoms with E-state index in [0.29, 0.717) is 12.3 Å². The van der Waals surface area contributed by atoms with Gasteiger partial charge in [0.05, 0.1) is 0 Å². The number of nitrogens with zero attached hydrogens (tertiary/aromatic N) is 1. The van der Waals surface area contributed by atoms with Crippen LogP contribution in [-0.2, 0) is 0 Å². The molecule has 0 saturated carbocycles. The van der Waals surface area contributed by atoms with E-state index in [-0.39, 0.29) is 5.78 Å². The SMILES string of the molecule is CCC(CC)CC(=O)c1ccc(C)nc1C. The van der Waals surface area contributed by atoms with Crippen LogP contribution in [0.5, 0.6) is 0 Å². The summed E-state index contributed by atoms with van der Waals surface area (Å²) in [4.78, 5) is 16.4. The van der Waals surface area contributed by atoms with Crippen LogP contribution in [0.1, 0.15) is 54.9 Å². The molecular weight excluding hydrogens is 198 g/mol. The average Bonchev–Trinajstić information content (AvgIpc) is 2.25. The summed E-state index contributed by atoms with van der Waals surface area (Å²) in [5, 5.41) is 0. The Morgan fingerprint density at radius 2 is 1.88 bits per heavy atom. The van der Waals surface area contributed by atoms with E-state index in [2.05, 4.69) is 18.8 Å². The van der Waals surface area contributed by atoms with Crippen LogP contribution in [-0.4, -0.2) is 10.8 Å². The third kappa shape index (κ3) is 3.16. The maximum atomic E-state index is 12.1. The monoisotopic (exact) mass is 219 g/mol. The van der Waals surface area contributed by atoms with Crippen molar-refractivity contribution in [3.05, 3.63) is 29.1 Å². The zero-order chi connectivity index (χ0) is 12.1. The highest BCUT2D eigenvalue weighted by Gasteiger charge is 2.14. The minimum absolute atomic E-state index is 0.235. The van der Waals surface area contributed by atoms with E-state index in [0.717, 1.165) is 29.8 Å². The smallest absolute Gasteiger partial charge is 0.164 e. The Bertz CT molecular complexity index is 367. The first-order valence-electron chi connectivity index (χ1n) is 6.05. The van der Waals surface area contributed by atoms with Crippen molar-refractivity contribution in [3.63, 3.8) is 0 Å². The van der Waals surface area contributed by atoms with E-state index in [9.17, 15) is 4.79 Å². The predicted molar refractivity (Wildman–Crippen MR) is 66.7 cm³/mol. The van der Waals surface area contributed by atoms with Crippen molar-refractivity contribution in [1.82, 2.24) is 4.98 Å². The molecule has 0 saturated heterocycles. The number of ketones is 1. The van der Waals surface area contributed by atoms with Gasteiger partial charge in [0.2, 0.25) is 0 Å². The number of hydrogen-bond donors (Lipinski definition) is 0. The Hall–Kier alpha value is -1.18. The predicted octanol–water partition coefficient (Wildman–Crippen LogP) is 3.71. The maximum absolute atomic E-state index is 12.1. The summed E-state index contributed by atoms with van der Waals surface area (Å²) in [6, 6.07) is 3.81. The molecule has 0 radical (unpaired) electrons. The van der Waals surface area contributed by atoms with Crippen LogP contribution in [0.4, 0.5) is 0 Å². The van der Waals surface area contributed by atoms with Gasteiger partial charge >= 0.3 is 0 Å². The highest BCUT2D eigenvalue weighted by molar-refractivity contribution is 5.97. The molecule has 0 amide bonds. The van der Waals surface area contributed by atoms with Gasteiger partial charge in [-0.25, -0.2) is 0 Å². The molecule has 1 aromatic rings. The molecule has 0 N–H and O–H groups in total. The minimum Gasteiger partial charge on any atom is -0.294 e. The molecule has 0 bridgehead atoms. The summed E-state index contributed by atoms with van der Waals surface area (Å²) >= 11 is 0. The quantitative estimate of drug-likeness (QED) is 0.707. The topological polar surface area (TPSA) is 30.0 Å². The number of hydrogen-bond acceptors (Lipinski definition) is 2. The standard InChI is InChI=1S/C14H21NO/c1-5-12(6-2)9-14(16)13-8-7-10(3)15-11(13)4/h7-8,12H,5-6,9H2,1-4H3. The normalized spacial score (nSPS) is 10.8. The summed E-state index contributed by atoms with van der Waals surface area (Å²) in [7, 11) is 0. The van der Waals surface area contributed by atoms with Crippen molar-refractivity contribution in [1.29, 1.82) is 0 Å². The molecule has 0 aliphatic carbocycles.